The van der Waals surface area contributed by atoms with E-state index in [9.17, 15) is 4.79 Å². The van der Waals surface area contributed by atoms with Crippen LogP contribution in [0.1, 0.15) is 38.7 Å². The minimum absolute atomic E-state index is 0.242. The minimum Gasteiger partial charge on any atom is -0.335 e. The number of nitrogens with zero attached hydrogens (tertiary/aromatic N) is 1. The summed E-state index contributed by atoms with van der Waals surface area (Å²) < 4.78 is 0. The van der Waals surface area contributed by atoms with Crippen LogP contribution in [-0.4, -0.2) is 23.4 Å². The van der Waals surface area contributed by atoms with Crippen LogP contribution in [0.15, 0.2) is 30.3 Å². The van der Waals surface area contributed by atoms with E-state index in [0.29, 0.717) is 31.5 Å². The molecule has 0 radical (unpaired) electrons. The smallest absolute Gasteiger partial charge is 0.223 e. The zero-order chi connectivity index (χ0) is 14.5. The van der Waals surface area contributed by atoms with E-state index in [-0.39, 0.29) is 11.8 Å². The van der Waals surface area contributed by atoms with Gasteiger partial charge >= 0.3 is 0 Å². The molecule has 1 amide bonds. The second-order valence-electron chi connectivity index (χ2n) is 6.13. The van der Waals surface area contributed by atoms with E-state index >= 15 is 0 Å². The van der Waals surface area contributed by atoms with E-state index in [1.54, 1.807) is 0 Å². The minimum atomic E-state index is 0.242. The van der Waals surface area contributed by atoms with Crippen LogP contribution in [0.3, 0.4) is 0 Å². The van der Waals surface area contributed by atoms with E-state index in [4.69, 9.17) is 5.73 Å². The first-order valence-electron chi connectivity index (χ1n) is 7.65. The summed E-state index contributed by atoms with van der Waals surface area (Å²) in [5, 5.41) is 0. The van der Waals surface area contributed by atoms with Crippen molar-refractivity contribution in [2.24, 2.45) is 17.6 Å². The Morgan fingerprint density at radius 2 is 1.95 bits per heavy atom. The highest BCUT2D eigenvalue weighted by atomic mass is 16.2. The quantitative estimate of drug-likeness (QED) is 0.831. The van der Waals surface area contributed by atoms with Crippen molar-refractivity contribution in [3.63, 3.8) is 0 Å². The maximum absolute atomic E-state index is 12.6. The lowest BCUT2D eigenvalue weighted by Crippen LogP contribution is -2.40. The molecule has 3 nitrogen and oxygen atoms in total. The lowest BCUT2D eigenvalue weighted by Gasteiger charge is -2.30. The SMILES string of the molecule is CC(CN)CC(=O)N(Cc1ccccc1)C(C)C1CC1. The van der Waals surface area contributed by atoms with Gasteiger partial charge in [-0.25, -0.2) is 0 Å². The topological polar surface area (TPSA) is 46.3 Å². The number of hydrogen-bond donors (Lipinski definition) is 1. The lowest BCUT2D eigenvalue weighted by molar-refractivity contribution is -0.135. The molecule has 1 fully saturated rings. The summed E-state index contributed by atoms with van der Waals surface area (Å²) in [5.41, 5.74) is 6.85. The summed E-state index contributed by atoms with van der Waals surface area (Å²) in [6.07, 6.45) is 3.07. The molecule has 0 bridgehead atoms. The molecule has 2 atom stereocenters. The predicted octanol–water partition coefficient (Wildman–Crippen LogP) is 2.80. The fourth-order valence-electron chi connectivity index (χ4n) is 2.57. The van der Waals surface area contributed by atoms with Crippen molar-refractivity contribution in [2.45, 2.75) is 45.7 Å². The third-order valence-corrected chi connectivity index (χ3v) is 4.24. The Labute approximate surface area is 122 Å². The van der Waals surface area contributed by atoms with Crippen molar-refractivity contribution in [1.29, 1.82) is 0 Å². The van der Waals surface area contributed by atoms with Crippen LogP contribution in [0.5, 0.6) is 0 Å². The van der Waals surface area contributed by atoms with Gasteiger partial charge in [0.05, 0.1) is 0 Å². The molecule has 2 N–H and O–H groups in total. The van der Waals surface area contributed by atoms with Crippen LogP contribution in [0.2, 0.25) is 0 Å². The van der Waals surface area contributed by atoms with Crippen LogP contribution in [0.4, 0.5) is 0 Å². The van der Waals surface area contributed by atoms with Crippen molar-refractivity contribution in [2.75, 3.05) is 6.54 Å². The van der Waals surface area contributed by atoms with Gasteiger partial charge in [0.2, 0.25) is 5.91 Å². The lowest BCUT2D eigenvalue weighted by atomic mass is 10.0. The predicted molar refractivity (Wildman–Crippen MR) is 82.0 cm³/mol. The molecule has 0 spiro atoms. The first-order chi connectivity index (χ1) is 9.61. The molecule has 1 aromatic carbocycles. The molecule has 1 aliphatic rings. The molecule has 2 rings (SSSR count). The van der Waals surface area contributed by atoms with Gasteiger partial charge in [0.15, 0.2) is 0 Å². The molecule has 1 saturated carbocycles. The van der Waals surface area contributed by atoms with Gasteiger partial charge < -0.3 is 10.6 Å². The molecule has 110 valence electrons. The van der Waals surface area contributed by atoms with Gasteiger partial charge in [-0.05, 0) is 43.7 Å². The Balaban J connectivity index is 2.05. The highest BCUT2D eigenvalue weighted by molar-refractivity contribution is 5.76. The molecular formula is C17H26N2O. The Morgan fingerprint density at radius 1 is 1.30 bits per heavy atom. The Hall–Kier alpha value is -1.35. The first-order valence-corrected chi connectivity index (χ1v) is 7.65. The monoisotopic (exact) mass is 274 g/mol. The van der Waals surface area contributed by atoms with Gasteiger partial charge in [0, 0.05) is 19.0 Å². The van der Waals surface area contributed by atoms with Gasteiger partial charge in [0.25, 0.3) is 0 Å². The Morgan fingerprint density at radius 3 is 2.50 bits per heavy atom. The van der Waals surface area contributed by atoms with Crippen LogP contribution < -0.4 is 5.73 Å². The number of benzene rings is 1. The van der Waals surface area contributed by atoms with Crippen LogP contribution >= 0.6 is 0 Å². The third kappa shape index (κ3) is 4.07. The van der Waals surface area contributed by atoms with E-state index in [1.165, 1.54) is 18.4 Å². The second kappa shape index (κ2) is 6.89. The van der Waals surface area contributed by atoms with Gasteiger partial charge in [-0.15, -0.1) is 0 Å². The van der Waals surface area contributed by atoms with Crippen LogP contribution in [0.25, 0.3) is 0 Å². The van der Waals surface area contributed by atoms with Gasteiger partial charge in [-0.3, -0.25) is 4.79 Å². The van der Waals surface area contributed by atoms with E-state index in [1.807, 2.05) is 25.1 Å². The largest absolute Gasteiger partial charge is 0.335 e. The second-order valence-corrected chi connectivity index (χ2v) is 6.13. The van der Waals surface area contributed by atoms with Crippen molar-refractivity contribution < 1.29 is 4.79 Å². The summed E-state index contributed by atoms with van der Waals surface area (Å²) in [4.78, 5) is 14.6. The summed E-state index contributed by atoms with van der Waals surface area (Å²) >= 11 is 0. The maximum atomic E-state index is 12.6. The fourth-order valence-corrected chi connectivity index (χ4v) is 2.57. The number of carbonyl (C=O) groups is 1. The number of rotatable bonds is 7. The molecule has 0 aliphatic heterocycles. The van der Waals surface area contributed by atoms with Gasteiger partial charge in [-0.2, -0.15) is 0 Å². The molecular weight excluding hydrogens is 248 g/mol. The zero-order valence-electron chi connectivity index (χ0n) is 12.6. The summed E-state index contributed by atoms with van der Waals surface area (Å²) in [5.74, 6) is 1.19. The Bertz CT molecular complexity index is 428. The van der Waals surface area contributed by atoms with Crippen molar-refractivity contribution >= 4 is 5.91 Å². The molecule has 20 heavy (non-hydrogen) atoms. The van der Waals surface area contributed by atoms with Crippen LogP contribution in [-0.2, 0) is 11.3 Å². The molecule has 2 unspecified atom stereocenters. The molecule has 1 aliphatic carbocycles. The standard InChI is InChI=1S/C17H26N2O/c1-13(11-18)10-17(20)19(14(2)16-8-9-16)12-15-6-4-3-5-7-15/h3-7,13-14,16H,8-12,18H2,1-2H3. The molecule has 0 heterocycles. The average molecular weight is 274 g/mol. The number of nitrogens with two attached hydrogens (primary N) is 1. The van der Waals surface area contributed by atoms with Crippen molar-refractivity contribution in [1.82, 2.24) is 4.90 Å². The third-order valence-electron chi connectivity index (χ3n) is 4.24. The van der Waals surface area contributed by atoms with E-state index < -0.39 is 0 Å². The van der Waals surface area contributed by atoms with Crippen molar-refractivity contribution in [3.8, 4) is 0 Å². The highest BCUT2D eigenvalue weighted by Crippen LogP contribution is 2.36. The highest BCUT2D eigenvalue weighted by Gasteiger charge is 2.34. The number of hydrogen-bond acceptors (Lipinski definition) is 2. The fraction of sp³-hybridized carbons (Fsp3) is 0.588. The molecule has 0 saturated heterocycles. The first kappa shape index (κ1) is 15.0. The molecule has 3 heteroatoms. The zero-order valence-corrected chi connectivity index (χ0v) is 12.6. The summed E-state index contributed by atoms with van der Waals surface area (Å²) in [6, 6.07) is 10.6. The van der Waals surface area contributed by atoms with Crippen LogP contribution in [0, 0.1) is 11.8 Å². The molecule has 0 aromatic heterocycles. The normalized spacial score (nSPS) is 17.6. The Kier molecular flexibility index (Phi) is 5.18. The van der Waals surface area contributed by atoms with E-state index in [0.717, 1.165) is 0 Å². The van der Waals surface area contributed by atoms with E-state index in [2.05, 4.69) is 24.0 Å². The maximum Gasteiger partial charge on any atom is 0.223 e. The number of carbonyl (C=O) groups excluding carboxylic acids is 1. The molecule has 1 aromatic rings. The number of amides is 1. The summed E-state index contributed by atoms with van der Waals surface area (Å²) in [6.45, 7) is 5.52. The van der Waals surface area contributed by atoms with Gasteiger partial charge in [0.1, 0.15) is 0 Å². The van der Waals surface area contributed by atoms with Crippen molar-refractivity contribution in [3.05, 3.63) is 35.9 Å². The van der Waals surface area contributed by atoms with Gasteiger partial charge in [-0.1, -0.05) is 37.3 Å². The average Bonchev–Trinajstić information content (AvgIpc) is 3.29. The summed E-state index contributed by atoms with van der Waals surface area (Å²) in [7, 11) is 0.